The number of carbonyl (C=O) groups is 1. The van der Waals surface area contributed by atoms with E-state index in [0.29, 0.717) is 5.02 Å². The average Bonchev–Trinajstić information content (AvgIpc) is 2.60. The van der Waals surface area contributed by atoms with Crippen LogP contribution in [0.3, 0.4) is 0 Å². The van der Waals surface area contributed by atoms with Gasteiger partial charge in [0.05, 0.1) is 9.79 Å². The molecule has 2 atom stereocenters. The zero-order valence-electron chi connectivity index (χ0n) is 13.7. The lowest BCUT2D eigenvalue weighted by molar-refractivity contribution is -0.212. The van der Waals surface area contributed by atoms with E-state index >= 15 is 0 Å². The normalized spacial score (nSPS) is 22.2. The van der Waals surface area contributed by atoms with E-state index in [0.717, 1.165) is 12.1 Å². The summed E-state index contributed by atoms with van der Waals surface area (Å²) in [5.74, 6) is -2.28. The molecule has 0 aliphatic carbocycles. The Morgan fingerprint density at radius 1 is 1.14 bits per heavy atom. The Bertz CT molecular complexity index is 1040. The van der Waals surface area contributed by atoms with Crippen molar-refractivity contribution in [1.82, 2.24) is 0 Å². The number of aliphatic carboxylic acids is 1. The predicted octanol–water partition coefficient (Wildman–Crippen LogP) is 4.10. The van der Waals surface area contributed by atoms with Crippen molar-refractivity contribution in [3.8, 4) is 5.75 Å². The van der Waals surface area contributed by atoms with Crippen LogP contribution in [0.1, 0.15) is 5.56 Å². The van der Waals surface area contributed by atoms with Crippen LogP contribution in [0, 0.1) is 0 Å². The van der Waals surface area contributed by atoms with Crippen molar-refractivity contribution in [2.75, 3.05) is 0 Å². The zero-order chi connectivity index (χ0) is 20.9. The molecule has 0 amide bonds. The number of fused-ring (bicyclic) bond motifs is 1. The first-order valence-corrected chi connectivity index (χ1v) is 9.89. The van der Waals surface area contributed by atoms with E-state index in [2.05, 4.69) is 0 Å². The van der Waals surface area contributed by atoms with E-state index < -0.39 is 45.1 Å². The molecule has 0 bridgehead atoms. The Morgan fingerprint density at radius 2 is 1.71 bits per heavy atom. The molecule has 150 valence electrons. The molecular weight excluding hydrogens is 444 g/mol. The third-order valence-electron chi connectivity index (χ3n) is 4.23. The second-order valence-electron chi connectivity index (χ2n) is 6.11. The molecule has 0 aromatic heterocycles. The van der Waals surface area contributed by atoms with Crippen molar-refractivity contribution < 1.29 is 36.2 Å². The minimum absolute atomic E-state index is 0.0490. The number of alkyl halides is 4. The number of sulfone groups is 1. The van der Waals surface area contributed by atoms with Crippen molar-refractivity contribution in [3.05, 3.63) is 53.1 Å². The molecule has 2 aromatic rings. The summed E-state index contributed by atoms with van der Waals surface area (Å²) in [6, 6.07) is 8.49. The first-order valence-electron chi connectivity index (χ1n) is 7.65. The molecule has 0 saturated carbocycles. The number of benzene rings is 2. The quantitative estimate of drug-likeness (QED) is 0.706. The van der Waals surface area contributed by atoms with Gasteiger partial charge in [-0.25, -0.2) is 8.42 Å². The zero-order valence-corrected chi connectivity index (χ0v) is 16.0. The van der Waals surface area contributed by atoms with Gasteiger partial charge in [-0.2, -0.15) is 13.2 Å². The Labute approximate surface area is 167 Å². The Hall–Kier alpha value is -1.97. The molecule has 1 aliphatic rings. The van der Waals surface area contributed by atoms with Crippen LogP contribution < -0.4 is 4.74 Å². The average molecular weight is 455 g/mol. The van der Waals surface area contributed by atoms with Gasteiger partial charge in [0, 0.05) is 11.4 Å². The van der Waals surface area contributed by atoms with Gasteiger partial charge in [-0.15, -0.1) is 11.6 Å². The lowest BCUT2D eigenvalue weighted by Gasteiger charge is -2.38. The number of rotatable bonds is 3. The van der Waals surface area contributed by atoms with E-state index in [9.17, 15) is 31.5 Å². The van der Waals surface area contributed by atoms with Crippen LogP contribution in [0.4, 0.5) is 13.2 Å². The van der Waals surface area contributed by atoms with Gasteiger partial charge in [-0.05, 0) is 42.0 Å². The van der Waals surface area contributed by atoms with Gasteiger partial charge in [0.25, 0.3) is 0 Å². The van der Waals surface area contributed by atoms with Gasteiger partial charge in [-0.1, -0.05) is 17.7 Å². The molecule has 2 aromatic carbocycles. The topological polar surface area (TPSA) is 80.7 Å². The molecule has 0 spiro atoms. The minimum Gasteiger partial charge on any atom is -0.480 e. The largest absolute Gasteiger partial charge is 0.480 e. The fraction of sp³-hybridized carbons (Fsp3) is 0.235. The summed E-state index contributed by atoms with van der Waals surface area (Å²) in [5, 5.41) is 9.51. The maximum Gasteiger partial charge on any atom is 0.427 e. The molecule has 5 nitrogen and oxygen atoms in total. The highest BCUT2D eigenvalue weighted by atomic mass is 35.5. The standard InChI is InChI=1S/C17H11Cl2F3O5S/c18-10-2-5-11(6-3-10)28(25,26)12-4-1-9-8-16(19,15(23)24)14(17(20,21)22)27-13(9)7-12/h1-7,14H,8H2,(H,23,24). The molecule has 28 heavy (non-hydrogen) atoms. The maximum atomic E-state index is 13.3. The molecule has 1 N–H and O–H groups in total. The Kier molecular flexibility index (Phi) is 5.06. The molecular formula is C17H11Cl2F3O5S. The third-order valence-corrected chi connectivity index (χ3v) is 6.75. The molecule has 11 heteroatoms. The van der Waals surface area contributed by atoms with Crippen LogP contribution in [0.5, 0.6) is 5.75 Å². The van der Waals surface area contributed by atoms with Crippen molar-refractivity contribution in [1.29, 1.82) is 0 Å². The number of halogens is 5. The Morgan fingerprint density at radius 3 is 2.25 bits per heavy atom. The van der Waals surface area contributed by atoms with Crippen LogP contribution >= 0.6 is 23.2 Å². The SMILES string of the molecule is O=C(O)C1(Cl)Cc2ccc(S(=O)(=O)c3ccc(Cl)cc3)cc2OC1C(F)(F)F. The van der Waals surface area contributed by atoms with E-state index in [1.54, 1.807) is 0 Å². The number of ether oxygens (including phenoxy) is 1. The number of carboxylic acid groups (broad SMARTS) is 1. The lowest BCUT2D eigenvalue weighted by Crippen LogP contribution is -2.58. The van der Waals surface area contributed by atoms with Gasteiger partial charge in [-0.3, -0.25) is 4.79 Å². The summed E-state index contributed by atoms with van der Waals surface area (Å²) in [5.41, 5.74) is 0.0490. The molecule has 1 heterocycles. The molecule has 2 unspecified atom stereocenters. The van der Waals surface area contributed by atoms with Gasteiger partial charge in [0.15, 0.2) is 4.87 Å². The highest BCUT2D eigenvalue weighted by Crippen LogP contribution is 2.45. The monoisotopic (exact) mass is 454 g/mol. The molecule has 3 rings (SSSR count). The molecule has 0 radical (unpaired) electrons. The molecule has 0 fully saturated rings. The maximum absolute atomic E-state index is 13.3. The fourth-order valence-electron chi connectivity index (χ4n) is 2.81. The summed E-state index contributed by atoms with van der Waals surface area (Å²) in [7, 11) is -4.06. The van der Waals surface area contributed by atoms with Crippen LogP contribution in [-0.4, -0.2) is 36.6 Å². The van der Waals surface area contributed by atoms with Gasteiger partial charge >= 0.3 is 12.1 Å². The number of carboxylic acids is 1. The fourth-order valence-corrected chi connectivity index (χ4v) is 4.53. The van der Waals surface area contributed by atoms with Crippen molar-refractivity contribution in [2.24, 2.45) is 0 Å². The van der Waals surface area contributed by atoms with Gasteiger partial charge in [0.2, 0.25) is 15.9 Å². The lowest BCUT2D eigenvalue weighted by atomic mass is 9.89. The third kappa shape index (κ3) is 3.54. The predicted molar refractivity (Wildman–Crippen MR) is 93.7 cm³/mol. The highest BCUT2D eigenvalue weighted by Gasteiger charge is 2.61. The van der Waals surface area contributed by atoms with E-state index in [-0.39, 0.29) is 15.4 Å². The minimum atomic E-state index is -5.08. The van der Waals surface area contributed by atoms with Crippen LogP contribution in [0.2, 0.25) is 5.02 Å². The smallest absolute Gasteiger partial charge is 0.427 e. The second-order valence-corrected chi connectivity index (χ2v) is 9.17. The Balaban J connectivity index is 2.07. The van der Waals surface area contributed by atoms with E-state index in [4.69, 9.17) is 27.9 Å². The first kappa shape index (κ1) is 20.8. The van der Waals surface area contributed by atoms with Crippen molar-refractivity contribution in [2.45, 2.75) is 33.4 Å². The van der Waals surface area contributed by atoms with E-state index in [1.807, 2.05) is 0 Å². The van der Waals surface area contributed by atoms with Crippen molar-refractivity contribution >= 4 is 39.0 Å². The summed E-state index contributed by atoms with van der Waals surface area (Å²) in [6.45, 7) is 0. The van der Waals surface area contributed by atoms with Crippen LogP contribution in [-0.2, 0) is 21.1 Å². The number of hydrogen-bond donors (Lipinski definition) is 1. The van der Waals surface area contributed by atoms with Gasteiger partial charge < -0.3 is 9.84 Å². The second kappa shape index (κ2) is 6.82. The van der Waals surface area contributed by atoms with E-state index in [1.165, 1.54) is 30.3 Å². The summed E-state index contributed by atoms with van der Waals surface area (Å²) >= 11 is 11.5. The summed E-state index contributed by atoms with van der Waals surface area (Å²) in [4.78, 5) is 8.17. The van der Waals surface area contributed by atoms with Crippen LogP contribution in [0.25, 0.3) is 0 Å². The number of hydrogen-bond acceptors (Lipinski definition) is 4. The highest BCUT2D eigenvalue weighted by molar-refractivity contribution is 7.91. The summed E-state index contributed by atoms with van der Waals surface area (Å²) in [6.07, 6.45) is -8.62. The first-order chi connectivity index (χ1) is 12.9. The molecule has 0 saturated heterocycles. The molecule has 1 aliphatic heterocycles. The van der Waals surface area contributed by atoms with Crippen molar-refractivity contribution in [3.63, 3.8) is 0 Å². The summed E-state index contributed by atoms with van der Waals surface area (Å²) < 4.78 is 70.2. The van der Waals surface area contributed by atoms with Crippen LogP contribution in [0.15, 0.2) is 52.3 Å². The van der Waals surface area contributed by atoms with Gasteiger partial charge in [0.1, 0.15) is 5.75 Å².